The van der Waals surface area contributed by atoms with Gasteiger partial charge in [-0.05, 0) is 56.2 Å². The van der Waals surface area contributed by atoms with Crippen LogP contribution < -0.4 is 14.8 Å². The predicted octanol–water partition coefficient (Wildman–Crippen LogP) is 3.65. The highest BCUT2D eigenvalue weighted by molar-refractivity contribution is 5.81. The van der Waals surface area contributed by atoms with Gasteiger partial charge in [-0.2, -0.15) is 0 Å². The average molecular weight is 313 g/mol. The van der Waals surface area contributed by atoms with Gasteiger partial charge in [0.25, 0.3) is 5.91 Å². The summed E-state index contributed by atoms with van der Waals surface area (Å²) in [6.07, 6.45) is -0.558. The van der Waals surface area contributed by atoms with Crippen LogP contribution in [0.15, 0.2) is 48.5 Å². The molecule has 0 saturated carbocycles. The van der Waals surface area contributed by atoms with Crippen LogP contribution in [0.3, 0.4) is 0 Å². The molecule has 4 nitrogen and oxygen atoms in total. The maximum absolute atomic E-state index is 12.3. The lowest BCUT2D eigenvalue weighted by Gasteiger charge is -2.19. The van der Waals surface area contributed by atoms with Crippen LogP contribution in [0, 0.1) is 6.92 Å². The molecular weight excluding hydrogens is 290 g/mol. The summed E-state index contributed by atoms with van der Waals surface area (Å²) in [7, 11) is 1.63. The van der Waals surface area contributed by atoms with E-state index in [4.69, 9.17) is 9.47 Å². The van der Waals surface area contributed by atoms with Crippen LogP contribution in [-0.2, 0) is 4.79 Å². The van der Waals surface area contributed by atoms with Crippen molar-refractivity contribution >= 4 is 5.91 Å². The number of carbonyl (C=O) groups is 1. The van der Waals surface area contributed by atoms with Crippen molar-refractivity contribution in [1.29, 1.82) is 0 Å². The van der Waals surface area contributed by atoms with E-state index in [1.807, 2.05) is 62.4 Å². The lowest BCUT2D eigenvalue weighted by Crippen LogP contribution is -2.37. The zero-order valence-corrected chi connectivity index (χ0v) is 14.0. The summed E-state index contributed by atoms with van der Waals surface area (Å²) in [5.41, 5.74) is 2.11. The number of methoxy groups -OCH3 is 1. The van der Waals surface area contributed by atoms with Gasteiger partial charge in [0.2, 0.25) is 0 Å². The first kappa shape index (κ1) is 16.9. The second kappa shape index (κ2) is 7.68. The molecule has 1 amide bonds. The monoisotopic (exact) mass is 313 g/mol. The Morgan fingerprint density at radius 2 is 1.74 bits per heavy atom. The molecule has 2 rings (SSSR count). The van der Waals surface area contributed by atoms with E-state index in [1.54, 1.807) is 14.0 Å². The van der Waals surface area contributed by atoms with E-state index in [1.165, 1.54) is 0 Å². The number of rotatable bonds is 6. The van der Waals surface area contributed by atoms with Crippen molar-refractivity contribution in [2.24, 2.45) is 0 Å². The molecule has 0 aliphatic carbocycles. The molecule has 0 aromatic heterocycles. The van der Waals surface area contributed by atoms with Crippen LogP contribution in [-0.4, -0.2) is 19.1 Å². The standard InChI is InChI=1S/C19H23NO3/c1-13-6-5-7-18(12-13)23-15(3)19(21)20-14(2)16-8-10-17(22-4)11-9-16/h5-12,14-15H,1-4H3,(H,20,21)/t14-,15+/m1/s1. The normalized spacial score (nSPS) is 13.0. The maximum Gasteiger partial charge on any atom is 0.261 e. The molecule has 4 heteroatoms. The van der Waals surface area contributed by atoms with Gasteiger partial charge in [0.15, 0.2) is 6.10 Å². The van der Waals surface area contributed by atoms with Gasteiger partial charge in [-0.3, -0.25) is 4.79 Å². The van der Waals surface area contributed by atoms with Crippen LogP contribution in [0.2, 0.25) is 0 Å². The van der Waals surface area contributed by atoms with E-state index in [-0.39, 0.29) is 11.9 Å². The summed E-state index contributed by atoms with van der Waals surface area (Å²) in [5.74, 6) is 1.35. The number of aryl methyl sites for hydroxylation is 1. The SMILES string of the molecule is COc1ccc([C@@H](C)NC(=O)[C@H](C)Oc2cccc(C)c2)cc1. The zero-order chi connectivity index (χ0) is 16.8. The molecule has 0 radical (unpaired) electrons. The van der Waals surface area contributed by atoms with E-state index in [9.17, 15) is 4.79 Å². The molecule has 0 bridgehead atoms. The van der Waals surface area contributed by atoms with Crippen molar-refractivity contribution in [3.05, 3.63) is 59.7 Å². The van der Waals surface area contributed by atoms with Crippen molar-refractivity contribution in [3.63, 3.8) is 0 Å². The number of hydrogen-bond acceptors (Lipinski definition) is 3. The Kier molecular flexibility index (Phi) is 5.63. The van der Waals surface area contributed by atoms with Crippen LogP contribution >= 0.6 is 0 Å². The van der Waals surface area contributed by atoms with Crippen LogP contribution in [0.1, 0.15) is 31.0 Å². The second-order valence-corrected chi connectivity index (χ2v) is 5.58. The van der Waals surface area contributed by atoms with E-state index >= 15 is 0 Å². The third-order valence-electron chi connectivity index (χ3n) is 3.65. The first-order valence-electron chi connectivity index (χ1n) is 7.67. The van der Waals surface area contributed by atoms with Crippen LogP contribution in [0.5, 0.6) is 11.5 Å². The van der Waals surface area contributed by atoms with Gasteiger partial charge < -0.3 is 14.8 Å². The molecule has 1 N–H and O–H groups in total. The number of carbonyl (C=O) groups excluding carboxylic acids is 1. The molecule has 0 saturated heterocycles. The van der Waals surface area contributed by atoms with Crippen LogP contribution in [0.4, 0.5) is 0 Å². The minimum atomic E-state index is -0.558. The van der Waals surface area contributed by atoms with Gasteiger partial charge in [0.1, 0.15) is 11.5 Å². The third-order valence-corrected chi connectivity index (χ3v) is 3.65. The fourth-order valence-corrected chi connectivity index (χ4v) is 2.25. The molecule has 122 valence electrons. The Labute approximate surface area is 137 Å². The number of nitrogens with one attached hydrogen (secondary N) is 1. The van der Waals surface area contributed by atoms with Crippen LogP contribution in [0.25, 0.3) is 0 Å². The summed E-state index contributed by atoms with van der Waals surface area (Å²) >= 11 is 0. The Morgan fingerprint density at radius 1 is 1.04 bits per heavy atom. The predicted molar refractivity (Wildman–Crippen MR) is 90.8 cm³/mol. The molecule has 2 aromatic carbocycles. The Hall–Kier alpha value is -2.49. The zero-order valence-electron chi connectivity index (χ0n) is 14.0. The number of amides is 1. The van der Waals surface area contributed by atoms with E-state index in [0.29, 0.717) is 5.75 Å². The molecular formula is C19H23NO3. The molecule has 2 aromatic rings. The van der Waals surface area contributed by atoms with Gasteiger partial charge in [0, 0.05) is 0 Å². The van der Waals surface area contributed by atoms with Gasteiger partial charge in [-0.15, -0.1) is 0 Å². The minimum absolute atomic E-state index is 0.100. The molecule has 23 heavy (non-hydrogen) atoms. The fourth-order valence-electron chi connectivity index (χ4n) is 2.25. The minimum Gasteiger partial charge on any atom is -0.497 e. The molecule has 0 aliphatic heterocycles. The largest absolute Gasteiger partial charge is 0.497 e. The third kappa shape index (κ3) is 4.74. The summed E-state index contributed by atoms with van der Waals surface area (Å²) in [5, 5.41) is 2.96. The Balaban J connectivity index is 1.94. The molecule has 0 heterocycles. The van der Waals surface area contributed by atoms with E-state index in [2.05, 4.69) is 5.32 Å². The molecule has 2 atom stereocenters. The van der Waals surface area contributed by atoms with Crippen molar-refractivity contribution < 1.29 is 14.3 Å². The first-order valence-corrected chi connectivity index (χ1v) is 7.67. The Morgan fingerprint density at radius 3 is 2.35 bits per heavy atom. The lowest BCUT2D eigenvalue weighted by atomic mass is 10.1. The summed E-state index contributed by atoms with van der Waals surface area (Å²) in [6.45, 7) is 5.68. The lowest BCUT2D eigenvalue weighted by molar-refractivity contribution is -0.127. The second-order valence-electron chi connectivity index (χ2n) is 5.58. The van der Waals surface area contributed by atoms with Gasteiger partial charge in [-0.25, -0.2) is 0 Å². The molecule has 0 fully saturated rings. The summed E-state index contributed by atoms with van der Waals surface area (Å²) < 4.78 is 10.8. The number of benzene rings is 2. The van der Waals surface area contributed by atoms with E-state index < -0.39 is 6.10 Å². The maximum atomic E-state index is 12.3. The van der Waals surface area contributed by atoms with Gasteiger partial charge in [0.05, 0.1) is 13.2 Å². The summed E-state index contributed by atoms with van der Waals surface area (Å²) in [4.78, 5) is 12.3. The van der Waals surface area contributed by atoms with Crippen molar-refractivity contribution in [3.8, 4) is 11.5 Å². The highest BCUT2D eigenvalue weighted by Crippen LogP contribution is 2.18. The van der Waals surface area contributed by atoms with Crippen molar-refractivity contribution in [1.82, 2.24) is 5.32 Å². The van der Waals surface area contributed by atoms with E-state index in [0.717, 1.165) is 16.9 Å². The van der Waals surface area contributed by atoms with Crippen molar-refractivity contribution in [2.45, 2.75) is 32.9 Å². The van der Waals surface area contributed by atoms with Crippen molar-refractivity contribution in [2.75, 3.05) is 7.11 Å². The topological polar surface area (TPSA) is 47.6 Å². The first-order chi connectivity index (χ1) is 11.0. The molecule has 0 aliphatic rings. The smallest absolute Gasteiger partial charge is 0.261 e. The Bertz CT molecular complexity index is 652. The fraction of sp³-hybridized carbons (Fsp3) is 0.316. The quantitative estimate of drug-likeness (QED) is 0.885. The average Bonchev–Trinajstić information content (AvgIpc) is 2.54. The highest BCUT2D eigenvalue weighted by atomic mass is 16.5. The van der Waals surface area contributed by atoms with Gasteiger partial charge in [-0.1, -0.05) is 24.3 Å². The molecule has 0 unspecified atom stereocenters. The van der Waals surface area contributed by atoms with Gasteiger partial charge >= 0.3 is 0 Å². The number of ether oxygens (including phenoxy) is 2. The summed E-state index contributed by atoms with van der Waals surface area (Å²) in [6, 6.07) is 15.2. The highest BCUT2D eigenvalue weighted by Gasteiger charge is 2.17. The number of hydrogen-bond donors (Lipinski definition) is 1. The molecule has 0 spiro atoms.